The van der Waals surface area contributed by atoms with Crippen LogP contribution in [0.3, 0.4) is 0 Å². The summed E-state index contributed by atoms with van der Waals surface area (Å²) in [7, 11) is 0. The topological polar surface area (TPSA) is 125 Å². The maximum Gasteiger partial charge on any atom is 0.256 e. The van der Waals surface area contributed by atoms with Crippen LogP contribution in [-0.2, 0) is 9.53 Å². The predicted molar refractivity (Wildman–Crippen MR) is 70.1 cm³/mol. The number of amides is 2. The fraction of sp³-hybridized carbons (Fsp3) is 0.333. The Morgan fingerprint density at radius 1 is 1.32 bits per heavy atom. The molecule has 1 aromatic rings. The van der Waals surface area contributed by atoms with E-state index in [1.807, 2.05) is 0 Å². The van der Waals surface area contributed by atoms with Crippen LogP contribution in [0.4, 0.5) is 11.4 Å². The lowest BCUT2D eigenvalue weighted by Gasteiger charge is -2.33. The van der Waals surface area contributed by atoms with E-state index in [-0.39, 0.29) is 18.2 Å². The van der Waals surface area contributed by atoms with E-state index in [0.29, 0.717) is 24.4 Å². The number of morpholine rings is 1. The van der Waals surface area contributed by atoms with Crippen LogP contribution in [0, 0.1) is 0 Å². The number of hydrogen-bond acceptors (Lipinski definition) is 5. The first-order chi connectivity index (χ1) is 9.00. The highest BCUT2D eigenvalue weighted by Crippen LogP contribution is 2.20. The van der Waals surface area contributed by atoms with Gasteiger partial charge >= 0.3 is 0 Å². The van der Waals surface area contributed by atoms with Crippen molar-refractivity contribution in [3.05, 3.63) is 23.8 Å². The lowest BCUT2D eigenvalue weighted by atomic mass is 10.1. The lowest BCUT2D eigenvalue weighted by molar-refractivity contribution is -0.127. The van der Waals surface area contributed by atoms with E-state index in [1.54, 1.807) is 12.1 Å². The minimum atomic E-state index is -0.766. The zero-order valence-electron chi connectivity index (χ0n) is 10.3. The highest BCUT2D eigenvalue weighted by Gasteiger charge is 2.32. The third kappa shape index (κ3) is 2.60. The molecule has 6 N–H and O–H groups in total. The Morgan fingerprint density at radius 2 is 2.05 bits per heavy atom. The molecule has 7 nitrogen and oxygen atoms in total. The normalized spacial score (nSPS) is 19.2. The molecule has 1 fully saturated rings. The van der Waals surface area contributed by atoms with E-state index in [0.717, 1.165) is 0 Å². The van der Waals surface area contributed by atoms with Gasteiger partial charge in [0.25, 0.3) is 5.91 Å². The van der Waals surface area contributed by atoms with Crippen molar-refractivity contribution in [2.24, 2.45) is 5.73 Å². The molecule has 7 heteroatoms. The van der Waals surface area contributed by atoms with Crippen molar-refractivity contribution in [1.82, 2.24) is 4.90 Å². The Labute approximate surface area is 110 Å². The summed E-state index contributed by atoms with van der Waals surface area (Å²) in [6.45, 7) is 0.774. The maximum atomic E-state index is 12.4. The lowest BCUT2D eigenvalue weighted by Crippen LogP contribution is -2.54. The molecule has 1 saturated heterocycles. The van der Waals surface area contributed by atoms with Crippen molar-refractivity contribution in [3.8, 4) is 0 Å². The Balaban J connectivity index is 2.28. The molecule has 1 unspecified atom stereocenters. The summed E-state index contributed by atoms with van der Waals surface area (Å²) in [5.41, 5.74) is 17.7. The second-order valence-electron chi connectivity index (χ2n) is 4.34. The van der Waals surface area contributed by atoms with Gasteiger partial charge in [0.2, 0.25) is 5.91 Å². The second kappa shape index (κ2) is 5.15. The average Bonchev–Trinajstić information content (AvgIpc) is 2.38. The monoisotopic (exact) mass is 264 g/mol. The molecule has 2 rings (SSSR count). The summed E-state index contributed by atoms with van der Waals surface area (Å²) in [6.07, 6.45) is 0. The first-order valence-electron chi connectivity index (χ1n) is 5.83. The van der Waals surface area contributed by atoms with Crippen LogP contribution < -0.4 is 17.2 Å². The summed E-state index contributed by atoms with van der Waals surface area (Å²) in [5, 5.41) is 0. The van der Waals surface area contributed by atoms with Crippen molar-refractivity contribution in [1.29, 1.82) is 0 Å². The number of hydrogen-bond donors (Lipinski definition) is 3. The summed E-state index contributed by atoms with van der Waals surface area (Å²) in [4.78, 5) is 25.1. The summed E-state index contributed by atoms with van der Waals surface area (Å²) in [6, 6.07) is 3.87. The van der Waals surface area contributed by atoms with Crippen molar-refractivity contribution in [2.75, 3.05) is 31.2 Å². The number of rotatable bonds is 2. The van der Waals surface area contributed by atoms with Crippen LogP contribution in [-0.4, -0.2) is 42.5 Å². The van der Waals surface area contributed by atoms with E-state index in [1.165, 1.54) is 11.0 Å². The smallest absolute Gasteiger partial charge is 0.256 e. The van der Waals surface area contributed by atoms with Crippen LogP contribution >= 0.6 is 0 Å². The van der Waals surface area contributed by atoms with Gasteiger partial charge in [-0.3, -0.25) is 9.59 Å². The van der Waals surface area contributed by atoms with Gasteiger partial charge in [0.05, 0.1) is 18.8 Å². The van der Waals surface area contributed by atoms with E-state index in [9.17, 15) is 9.59 Å². The molecule has 1 heterocycles. The number of carbonyl (C=O) groups excluding carboxylic acids is 2. The molecule has 0 saturated carbocycles. The quantitative estimate of drug-likeness (QED) is 0.602. The zero-order chi connectivity index (χ0) is 14.0. The third-order valence-electron chi connectivity index (χ3n) is 3.02. The molecular formula is C12H16N4O3. The first kappa shape index (κ1) is 13.2. The minimum absolute atomic E-state index is 0.107. The van der Waals surface area contributed by atoms with E-state index in [2.05, 4.69) is 0 Å². The molecule has 1 aliphatic heterocycles. The summed E-state index contributed by atoms with van der Waals surface area (Å²) >= 11 is 0. The van der Waals surface area contributed by atoms with Crippen molar-refractivity contribution < 1.29 is 14.3 Å². The Bertz CT molecular complexity index is 518. The van der Waals surface area contributed by atoms with Gasteiger partial charge in [0.15, 0.2) is 0 Å². The van der Waals surface area contributed by atoms with Crippen molar-refractivity contribution in [3.63, 3.8) is 0 Å². The van der Waals surface area contributed by atoms with Gasteiger partial charge in [-0.05, 0) is 18.2 Å². The number of nitrogens with two attached hydrogens (primary N) is 3. The molecule has 0 aromatic heterocycles. The molecule has 2 amide bonds. The molecular weight excluding hydrogens is 248 g/mol. The molecule has 1 aromatic carbocycles. The Hall–Kier alpha value is -2.28. The zero-order valence-corrected chi connectivity index (χ0v) is 10.3. The molecule has 1 atom stereocenters. The van der Waals surface area contributed by atoms with E-state index >= 15 is 0 Å². The fourth-order valence-electron chi connectivity index (χ4n) is 2.01. The first-order valence-corrected chi connectivity index (χ1v) is 5.83. The number of nitrogens with zero attached hydrogens (tertiary/aromatic N) is 1. The SMILES string of the molecule is NC(=O)C1COCCN1C(=O)c1ccc(N)cc1N. The van der Waals surface area contributed by atoms with Gasteiger partial charge in [-0.15, -0.1) is 0 Å². The van der Waals surface area contributed by atoms with Crippen LogP contribution in [0.15, 0.2) is 18.2 Å². The maximum absolute atomic E-state index is 12.4. The van der Waals surface area contributed by atoms with Crippen LogP contribution in [0.2, 0.25) is 0 Å². The van der Waals surface area contributed by atoms with Gasteiger partial charge in [-0.25, -0.2) is 0 Å². The predicted octanol–water partition coefficient (Wildman–Crippen LogP) is -0.823. The number of anilines is 2. The van der Waals surface area contributed by atoms with Crippen molar-refractivity contribution >= 4 is 23.2 Å². The fourth-order valence-corrected chi connectivity index (χ4v) is 2.01. The standard InChI is InChI=1S/C12H16N4O3/c13-7-1-2-8(9(14)5-7)12(18)16-3-4-19-6-10(16)11(15)17/h1-2,5,10H,3-4,6,13-14H2,(H2,15,17). The van der Waals surface area contributed by atoms with Gasteiger partial charge in [-0.2, -0.15) is 0 Å². The molecule has 0 spiro atoms. The van der Waals surface area contributed by atoms with Crippen molar-refractivity contribution in [2.45, 2.75) is 6.04 Å². The molecule has 102 valence electrons. The molecule has 0 radical (unpaired) electrons. The average molecular weight is 264 g/mol. The highest BCUT2D eigenvalue weighted by molar-refractivity contribution is 6.01. The van der Waals surface area contributed by atoms with E-state index in [4.69, 9.17) is 21.9 Å². The van der Waals surface area contributed by atoms with Gasteiger partial charge in [0, 0.05) is 17.9 Å². The number of nitrogen functional groups attached to an aromatic ring is 2. The Kier molecular flexibility index (Phi) is 3.57. The number of ether oxygens (including phenoxy) is 1. The summed E-state index contributed by atoms with van der Waals surface area (Å²) in [5.74, 6) is -0.938. The third-order valence-corrected chi connectivity index (χ3v) is 3.02. The van der Waals surface area contributed by atoms with Crippen LogP contribution in [0.25, 0.3) is 0 Å². The molecule has 0 aliphatic carbocycles. The minimum Gasteiger partial charge on any atom is -0.399 e. The molecule has 0 bridgehead atoms. The second-order valence-corrected chi connectivity index (χ2v) is 4.34. The summed E-state index contributed by atoms with van der Waals surface area (Å²) < 4.78 is 5.16. The van der Waals surface area contributed by atoms with E-state index < -0.39 is 11.9 Å². The van der Waals surface area contributed by atoms with Gasteiger partial charge in [0.1, 0.15) is 6.04 Å². The van der Waals surface area contributed by atoms with Crippen LogP contribution in [0.5, 0.6) is 0 Å². The Morgan fingerprint density at radius 3 is 2.68 bits per heavy atom. The molecule has 1 aliphatic rings. The largest absolute Gasteiger partial charge is 0.399 e. The van der Waals surface area contributed by atoms with Crippen LogP contribution in [0.1, 0.15) is 10.4 Å². The highest BCUT2D eigenvalue weighted by atomic mass is 16.5. The number of benzene rings is 1. The van der Waals surface area contributed by atoms with Gasteiger partial charge < -0.3 is 26.8 Å². The number of primary amides is 1. The molecule has 19 heavy (non-hydrogen) atoms. The van der Waals surface area contributed by atoms with Gasteiger partial charge in [-0.1, -0.05) is 0 Å². The number of carbonyl (C=O) groups is 2.